The van der Waals surface area contributed by atoms with Crippen LogP contribution in [-0.2, 0) is 4.79 Å². The quantitative estimate of drug-likeness (QED) is 0.776. The molecule has 0 bridgehead atoms. The minimum absolute atomic E-state index is 0.0740. The number of thioether (sulfide) groups is 1. The highest BCUT2D eigenvalue weighted by Gasteiger charge is 2.06. The van der Waals surface area contributed by atoms with Gasteiger partial charge < -0.3 is 4.90 Å². The molecule has 0 spiro atoms. The van der Waals surface area contributed by atoms with E-state index in [2.05, 4.69) is 9.97 Å². The topological polar surface area (TPSA) is 46.1 Å². The number of benzene rings is 1. The van der Waals surface area contributed by atoms with Crippen molar-refractivity contribution in [3.63, 3.8) is 0 Å². The summed E-state index contributed by atoms with van der Waals surface area (Å²) in [6.07, 6.45) is 1.70. The summed E-state index contributed by atoms with van der Waals surface area (Å²) >= 11 is 1.41. The average molecular weight is 247 g/mol. The van der Waals surface area contributed by atoms with Crippen LogP contribution in [0.1, 0.15) is 0 Å². The molecule has 0 aliphatic carbocycles. The number of rotatable bonds is 3. The van der Waals surface area contributed by atoms with Crippen molar-refractivity contribution in [2.75, 3.05) is 19.8 Å². The maximum Gasteiger partial charge on any atom is 0.232 e. The number of hydrogen-bond donors (Lipinski definition) is 0. The van der Waals surface area contributed by atoms with Gasteiger partial charge in [0.25, 0.3) is 0 Å². The summed E-state index contributed by atoms with van der Waals surface area (Å²) in [6.45, 7) is 0. The lowest BCUT2D eigenvalue weighted by Gasteiger charge is -2.09. The van der Waals surface area contributed by atoms with E-state index >= 15 is 0 Å². The molecule has 1 heterocycles. The van der Waals surface area contributed by atoms with Crippen molar-refractivity contribution < 1.29 is 4.79 Å². The monoisotopic (exact) mass is 247 g/mol. The number of amides is 1. The lowest BCUT2D eigenvalue weighted by Crippen LogP contribution is -2.23. The zero-order valence-electron chi connectivity index (χ0n) is 9.75. The third kappa shape index (κ3) is 2.94. The fourth-order valence-electron chi connectivity index (χ4n) is 1.27. The summed E-state index contributed by atoms with van der Waals surface area (Å²) in [6, 6.07) is 7.69. The van der Waals surface area contributed by atoms with Crippen molar-refractivity contribution in [1.82, 2.24) is 14.9 Å². The number of fused-ring (bicyclic) bond motifs is 1. The zero-order chi connectivity index (χ0) is 12.3. The number of para-hydroxylation sites is 2. The molecule has 1 aromatic heterocycles. The summed E-state index contributed by atoms with van der Waals surface area (Å²) < 4.78 is 0. The molecule has 0 fully saturated rings. The van der Waals surface area contributed by atoms with Crippen molar-refractivity contribution in [2.24, 2.45) is 0 Å². The van der Waals surface area contributed by atoms with E-state index in [1.165, 1.54) is 11.8 Å². The molecule has 4 nitrogen and oxygen atoms in total. The smallest absolute Gasteiger partial charge is 0.232 e. The molecule has 1 aromatic carbocycles. The van der Waals surface area contributed by atoms with Gasteiger partial charge in [0.2, 0.25) is 5.91 Å². The number of carbonyl (C=O) groups excluding carboxylic acids is 1. The Morgan fingerprint density at radius 1 is 1.29 bits per heavy atom. The normalized spacial score (nSPS) is 10.5. The average Bonchev–Trinajstić information content (AvgIpc) is 2.35. The van der Waals surface area contributed by atoms with Crippen LogP contribution >= 0.6 is 11.8 Å². The zero-order valence-corrected chi connectivity index (χ0v) is 10.6. The Labute approximate surface area is 104 Å². The molecule has 0 aliphatic heterocycles. The Bertz CT molecular complexity index is 542. The first-order valence-electron chi connectivity index (χ1n) is 5.21. The summed E-state index contributed by atoms with van der Waals surface area (Å²) in [7, 11) is 3.49. The second-order valence-corrected chi connectivity index (χ2v) is 4.77. The molecule has 2 aromatic rings. The van der Waals surface area contributed by atoms with Crippen LogP contribution in [0, 0.1) is 0 Å². The van der Waals surface area contributed by atoms with E-state index in [1.54, 1.807) is 25.2 Å². The van der Waals surface area contributed by atoms with E-state index in [-0.39, 0.29) is 5.91 Å². The van der Waals surface area contributed by atoms with Crippen LogP contribution in [0.15, 0.2) is 35.5 Å². The van der Waals surface area contributed by atoms with E-state index in [0.717, 1.165) is 16.1 Å². The van der Waals surface area contributed by atoms with Crippen LogP contribution in [0.25, 0.3) is 11.0 Å². The first-order chi connectivity index (χ1) is 8.16. The number of carbonyl (C=O) groups is 1. The van der Waals surface area contributed by atoms with Crippen LogP contribution in [0.2, 0.25) is 0 Å². The summed E-state index contributed by atoms with van der Waals surface area (Å²) in [4.78, 5) is 21.7. The van der Waals surface area contributed by atoms with E-state index in [9.17, 15) is 4.79 Å². The number of nitrogens with zero attached hydrogens (tertiary/aromatic N) is 3. The van der Waals surface area contributed by atoms with E-state index < -0.39 is 0 Å². The molecule has 5 heteroatoms. The molecule has 0 saturated carbocycles. The predicted octanol–water partition coefficient (Wildman–Crippen LogP) is 1.81. The maximum absolute atomic E-state index is 11.4. The molecule has 0 unspecified atom stereocenters. The lowest BCUT2D eigenvalue weighted by molar-refractivity contribution is -0.125. The predicted molar refractivity (Wildman–Crippen MR) is 69.0 cm³/mol. The van der Waals surface area contributed by atoms with E-state index in [0.29, 0.717) is 5.75 Å². The second-order valence-electron chi connectivity index (χ2n) is 3.77. The van der Waals surface area contributed by atoms with Crippen LogP contribution in [0.5, 0.6) is 0 Å². The van der Waals surface area contributed by atoms with Gasteiger partial charge in [-0.05, 0) is 12.1 Å². The Morgan fingerprint density at radius 3 is 2.71 bits per heavy atom. The third-order valence-electron chi connectivity index (χ3n) is 2.27. The summed E-state index contributed by atoms with van der Waals surface area (Å²) in [5, 5.41) is 0.777. The molecule has 88 valence electrons. The van der Waals surface area contributed by atoms with Gasteiger partial charge in [-0.3, -0.25) is 9.78 Å². The molecular formula is C12H13N3OS. The summed E-state index contributed by atoms with van der Waals surface area (Å²) in [5.74, 6) is 0.463. The van der Waals surface area contributed by atoms with Crippen molar-refractivity contribution in [1.29, 1.82) is 0 Å². The Morgan fingerprint density at radius 2 is 2.00 bits per heavy atom. The third-order valence-corrected chi connectivity index (χ3v) is 3.15. The minimum Gasteiger partial charge on any atom is -0.348 e. The van der Waals surface area contributed by atoms with Gasteiger partial charge in [-0.1, -0.05) is 23.9 Å². The van der Waals surface area contributed by atoms with Crippen LogP contribution < -0.4 is 0 Å². The van der Waals surface area contributed by atoms with Gasteiger partial charge in [-0.15, -0.1) is 0 Å². The van der Waals surface area contributed by atoms with Crippen LogP contribution in [0.3, 0.4) is 0 Å². The largest absolute Gasteiger partial charge is 0.348 e. The number of aromatic nitrogens is 2. The van der Waals surface area contributed by atoms with Gasteiger partial charge in [-0.2, -0.15) is 0 Å². The fraction of sp³-hybridized carbons (Fsp3) is 0.250. The maximum atomic E-state index is 11.4. The first-order valence-corrected chi connectivity index (χ1v) is 6.20. The standard InChI is InChI=1S/C12H13N3OS/c1-15(2)12(16)8-17-11-7-13-9-5-3-4-6-10(9)14-11/h3-7H,8H2,1-2H3. The minimum atomic E-state index is 0.0740. The second kappa shape index (κ2) is 5.14. The molecule has 1 amide bonds. The molecule has 2 rings (SSSR count). The van der Waals surface area contributed by atoms with Gasteiger partial charge >= 0.3 is 0 Å². The van der Waals surface area contributed by atoms with Crippen molar-refractivity contribution in [3.05, 3.63) is 30.5 Å². The molecule has 17 heavy (non-hydrogen) atoms. The molecule has 0 radical (unpaired) electrons. The molecular weight excluding hydrogens is 234 g/mol. The highest BCUT2D eigenvalue weighted by Crippen LogP contribution is 2.17. The Hall–Kier alpha value is -1.62. The molecule has 0 atom stereocenters. The molecule has 0 saturated heterocycles. The Kier molecular flexibility index (Phi) is 3.58. The van der Waals surface area contributed by atoms with Gasteiger partial charge in [0.15, 0.2) is 0 Å². The highest BCUT2D eigenvalue weighted by atomic mass is 32.2. The van der Waals surface area contributed by atoms with E-state index in [4.69, 9.17) is 0 Å². The van der Waals surface area contributed by atoms with Gasteiger partial charge in [0.1, 0.15) is 5.03 Å². The van der Waals surface area contributed by atoms with Crippen molar-refractivity contribution >= 4 is 28.7 Å². The van der Waals surface area contributed by atoms with E-state index in [1.807, 2.05) is 24.3 Å². The Balaban J connectivity index is 2.12. The highest BCUT2D eigenvalue weighted by molar-refractivity contribution is 7.99. The van der Waals surface area contributed by atoms with Gasteiger partial charge in [0.05, 0.1) is 23.0 Å². The fourth-order valence-corrected chi connectivity index (χ4v) is 2.09. The van der Waals surface area contributed by atoms with Crippen LogP contribution in [-0.4, -0.2) is 40.6 Å². The SMILES string of the molecule is CN(C)C(=O)CSc1cnc2ccccc2n1. The van der Waals surface area contributed by atoms with Crippen molar-refractivity contribution in [3.8, 4) is 0 Å². The number of hydrogen-bond acceptors (Lipinski definition) is 4. The van der Waals surface area contributed by atoms with Crippen LogP contribution in [0.4, 0.5) is 0 Å². The summed E-state index contributed by atoms with van der Waals surface area (Å²) in [5.41, 5.74) is 1.73. The van der Waals surface area contributed by atoms with Gasteiger partial charge in [-0.25, -0.2) is 4.98 Å². The molecule has 0 N–H and O–H groups in total. The molecule has 0 aliphatic rings. The van der Waals surface area contributed by atoms with Crippen molar-refractivity contribution in [2.45, 2.75) is 5.03 Å². The lowest BCUT2D eigenvalue weighted by atomic mass is 10.3. The van der Waals surface area contributed by atoms with Gasteiger partial charge in [0, 0.05) is 14.1 Å². The first kappa shape index (κ1) is 11.9.